The van der Waals surface area contributed by atoms with Crippen LogP contribution in [-0.4, -0.2) is 34.0 Å². The molecule has 148 valence electrons. The van der Waals surface area contributed by atoms with Gasteiger partial charge in [-0.1, -0.05) is 24.3 Å². The summed E-state index contributed by atoms with van der Waals surface area (Å²) in [6, 6.07) is 13.7. The fraction of sp³-hybridized carbons (Fsp3) is 0.273. The lowest BCUT2D eigenvalue weighted by Crippen LogP contribution is -2.40. The minimum Gasteiger partial charge on any atom is -0.350 e. The Morgan fingerprint density at radius 1 is 1.17 bits per heavy atom. The molecule has 1 aliphatic heterocycles. The van der Waals surface area contributed by atoms with Crippen LogP contribution in [0.2, 0.25) is 0 Å². The van der Waals surface area contributed by atoms with Gasteiger partial charge in [-0.2, -0.15) is 5.10 Å². The number of anilines is 1. The van der Waals surface area contributed by atoms with Crippen LogP contribution >= 0.6 is 0 Å². The Balaban J connectivity index is 1.43. The van der Waals surface area contributed by atoms with Crippen LogP contribution in [0.3, 0.4) is 0 Å². The van der Waals surface area contributed by atoms with Gasteiger partial charge in [0.2, 0.25) is 5.91 Å². The molecule has 4 rings (SSSR count). The smallest absolute Gasteiger partial charge is 0.267 e. The van der Waals surface area contributed by atoms with Crippen molar-refractivity contribution < 1.29 is 9.59 Å². The van der Waals surface area contributed by atoms with E-state index in [2.05, 4.69) is 20.4 Å². The summed E-state index contributed by atoms with van der Waals surface area (Å²) in [6.07, 6.45) is 1.20. The summed E-state index contributed by atoms with van der Waals surface area (Å²) in [5, 5.41) is 8.61. The molecule has 2 amide bonds. The van der Waals surface area contributed by atoms with Crippen molar-refractivity contribution in [3.63, 3.8) is 0 Å². The number of nitrogens with zero attached hydrogens (tertiary/aromatic N) is 3. The van der Waals surface area contributed by atoms with Gasteiger partial charge in [-0.25, -0.2) is 9.99 Å². The zero-order chi connectivity index (χ0) is 20.4. The predicted molar refractivity (Wildman–Crippen MR) is 113 cm³/mol. The van der Waals surface area contributed by atoms with E-state index < -0.39 is 0 Å². The van der Waals surface area contributed by atoms with Gasteiger partial charge in [0, 0.05) is 25.8 Å². The highest BCUT2D eigenvalue weighted by atomic mass is 16.2. The second-order valence-electron chi connectivity index (χ2n) is 7.25. The number of para-hydroxylation sites is 2. The Morgan fingerprint density at radius 3 is 2.83 bits per heavy atom. The van der Waals surface area contributed by atoms with Crippen LogP contribution in [0, 0.1) is 13.8 Å². The van der Waals surface area contributed by atoms with Crippen molar-refractivity contribution in [1.29, 1.82) is 0 Å². The average Bonchev–Trinajstić information content (AvgIpc) is 3.13. The van der Waals surface area contributed by atoms with Crippen LogP contribution < -0.4 is 10.3 Å². The van der Waals surface area contributed by atoms with Gasteiger partial charge in [0.15, 0.2) is 0 Å². The van der Waals surface area contributed by atoms with E-state index in [-0.39, 0.29) is 18.2 Å². The fourth-order valence-electron chi connectivity index (χ4n) is 3.37. The molecule has 0 spiro atoms. The number of amides is 2. The molecule has 0 saturated carbocycles. The van der Waals surface area contributed by atoms with Crippen molar-refractivity contribution in [1.82, 2.24) is 15.3 Å². The molecular weight excluding hydrogens is 366 g/mol. The van der Waals surface area contributed by atoms with Gasteiger partial charge in [0.25, 0.3) is 5.91 Å². The number of rotatable bonds is 5. The van der Waals surface area contributed by atoms with E-state index in [1.807, 2.05) is 56.3 Å². The summed E-state index contributed by atoms with van der Waals surface area (Å²) in [4.78, 5) is 32.7. The van der Waals surface area contributed by atoms with Gasteiger partial charge in [0.05, 0.1) is 16.7 Å². The Bertz CT molecular complexity index is 1080. The number of nitrogens with one attached hydrogen (secondary N) is 2. The highest BCUT2D eigenvalue weighted by Crippen LogP contribution is 2.25. The minimum absolute atomic E-state index is 0.0995. The molecule has 3 aromatic rings. The summed E-state index contributed by atoms with van der Waals surface area (Å²) in [5.74, 6) is 0.478. The minimum atomic E-state index is -0.246. The number of hydrogen-bond acceptors (Lipinski definition) is 4. The van der Waals surface area contributed by atoms with E-state index in [1.165, 1.54) is 5.01 Å². The lowest BCUT2D eigenvalue weighted by Gasteiger charge is -2.24. The molecule has 0 radical (unpaired) electrons. The van der Waals surface area contributed by atoms with E-state index in [1.54, 1.807) is 0 Å². The second kappa shape index (κ2) is 7.87. The topological polar surface area (TPSA) is 90.4 Å². The van der Waals surface area contributed by atoms with Crippen LogP contribution in [-0.2, 0) is 16.0 Å². The summed E-state index contributed by atoms with van der Waals surface area (Å²) >= 11 is 0. The first-order chi connectivity index (χ1) is 14.0. The number of carbonyl (C=O) groups is 2. The zero-order valence-corrected chi connectivity index (χ0v) is 16.5. The normalized spacial score (nSPS) is 14.2. The van der Waals surface area contributed by atoms with Crippen LogP contribution in [0.4, 0.5) is 5.69 Å². The van der Waals surface area contributed by atoms with Crippen molar-refractivity contribution in [3.8, 4) is 0 Å². The van der Waals surface area contributed by atoms with Gasteiger partial charge in [-0.15, -0.1) is 0 Å². The molecule has 0 aliphatic carbocycles. The summed E-state index contributed by atoms with van der Waals surface area (Å²) in [7, 11) is 0. The lowest BCUT2D eigenvalue weighted by molar-refractivity contribution is -0.118. The maximum absolute atomic E-state index is 12.6. The molecule has 29 heavy (non-hydrogen) atoms. The number of aryl methyl sites for hydroxylation is 2. The van der Waals surface area contributed by atoms with E-state index in [9.17, 15) is 9.59 Å². The third-order valence-electron chi connectivity index (χ3n) is 4.97. The summed E-state index contributed by atoms with van der Waals surface area (Å²) < 4.78 is 0. The third kappa shape index (κ3) is 4.03. The number of hydrazone groups is 1. The van der Waals surface area contributed by atoms with E-state index >= 15 is 0 Å². The third-order valence-corrected chi connectivity index (χ3v) is 4.97. The van der Waals surface area contributed by atoms with Crippen LogP contribution in [0.5, 0.6) is 0 Å². The van der Waals surface area contributed by atoms with Gasteiger partial charge in [-0.05, 0) is 43.2 Å². The number of aromatic nitrogens is 2. The monoisotopic (exact) mass is 389 g/mol. The number of H-pyrrole nitrogens is 1. The van der Waals surface area contributed by atoms with Crippen molar-refractivity contribution in [3.05, 3.63) is 59.4 Å². The summed E-state index contributed by atoms with van der Waals surface area (Å²) in [6.45, 7) is 4.33. The lowest BCUT2D eigenvalue weighted by atomic mass is 10.1. The van der Waals surface area contributed by atoms with E-state index in [0.29, 0.717) is 25.1 Å². The number of aromatic amines is 1. The Kier molecular flexibility index (Phi) is 5.12. The molecular formula is C22H23N5O2. The zero-order valence-electron chi connectivity index (χ0n) is 16.5. The van der Waals surface area contributed by atoms with Crippen molar-refractivity contribution in [2.24, 2.45) is 5.10 Å². The van der Waals surface area contributed by atoms with Gasteiger partial charge in [0.1, 0.15) is 11.5 Å². The number of benzene rings is 2. The average molecular weight is 389 g/mol. The van der Waals surface area contributed by atoms with Crippen molar-refractivity contribution >= 4 is 34.2 Å². The number of hydrogen-bond donors (Lipinski definition) is 2. The molecule has 1 aromatic heterocycles. The molecule has 0 bridgehead atoms. The van der Waals surface area contributed by atoms with E-state index in [4.69, 9.17) is 0 Å². The molecule has 0 unspecified atom stereocenters. The Morgan fingerprint density at radius 2 is 2.00 bits per heavy atom. The molecule has 1 aliphatic rings. The van der Waals surface area contributed by atoms with Gasteiger partial charge in [-0.3, -0.25) is 9.59 Å². The maximum Gasteiger partial charge on any atom is 0.267 e. The highest BCUT2D eigenvalue weighted by molar-refractivity contribution is 6.40. The Labute approximate surface area is 168 Å². The first-order valence-electron chi connectivity index (χ1n) is 9.71. The maximum atomic E-state index is 12.6. The standard InChI is InChI=1S/C22H23N5O2/c1-14-7-8-15(2)19(13-14)27-21(28)10-9-18(26-27)22(29)23-12-11-20-24-16-5-3-4-6-17(16)25-20/h3-8,13H,9-12H2,1-2H3,(H,23,29)(H,24,25). The van der Waals surface area contributed by atoms with Gasteiger partial charge >= 0.3 is 0 Å². The molecule has 0 saturated heterocycles. The largest absolute Gasteiger partial charge is 0.350 e. The fourth-order valence-corrected chi connectivity index (χ4v) is 3.37. The summed E-state index contributed by atoms with van der Waals surface area (Å²) in [5.41, 5.74) is 4.97. The van der Waals surface area contributed by atoms with E-state index in [0.717, 1.165) is 33.7 Å². The van der Waals surface area contributed by atoms with Crippen molar-refractivity contribution in [2.75, 3.05) is 11.6 Å². The highest BCUT2D eigenvalue weighted by Gasteiger charge is 2.26. The first-order valence-corrected chi connectivity index (χ1v) is 9.71. The molecule has 0 atom stereocenters. The molecule has 7 nitrogen and oxygen atoms in total. The molecule has 2 heterocycles. The van der Waals surface area contributed by atoms with Crippen LogP contribution in [0.15, 0.2) is 47.6 Å². The van der Waals surface area contributed by atoms with Crippen molar-refractivity contribution in [2.45, 2.75) is 33.1 Å². The van der Waals surface area contributed by atoms with Gasteiger partial charge < -0.3 is 10.3 Å². The first kappa shape index (κ1) is 18.9. The molecule has 7 heteroatoms. The predicted octanol–water partition coefficient (Wildman–Crippen LogP) is 3.02. The number of carbonyl (C=O) groups excluding carboxylic acids is 2. The molecule has 2 aromatic carbocycles. The number of fused-ring (bicyclic) bond motifs is 1. The number of imidazole rings is 1. The van der Waals surface area contributed by atoms with Crippen LogP contribution in [0.1, 0.15) is 29.8 Å². The second-order valence-corrected chi connectivity index (χ2v) is 7.25. The SMILES string of the molecule is Cc1ccc(C)c(N2N=C(C(=O)NCCc3nc4ccccc4[nH]3)CCC2=O)c1. The van der Waals surface area contributed by atoms with Crippen LogP contribution in [0.25, 0.3) is 11.0 Å². The quantitative estimate of drug-likeness (QED) is 0.703. The molecule has 0 fully saturated rings. The Hall–Kier alpha value is -3.48. The molecule has 2 N–H and O–H groups in total.